The maximum absolute atomic E-state index is 12.5. The largest absolute Gasteiger partial charge is 0.360 e. The number of carbonyl (C=O) groups is 2. The highest BCUT2D eigenvalue weighted by Gasteiger charge is 2.11. The van der Waals surface area contributed by atoms with Gasteiger partial charge in [-0.05, 0) is 55.0 Å². The number of H-pyrrole nitrogens is 1. The lowest BCUT2D eigenvalue weighted by molar-refractivity contribution is 0.0955. The van der Waals surface area contributed by atoms with Crippen molar-refractivity contribution in [1.82, 2.24) is 10.4 Å². The van der Waals surface area contributed by atoms with E-state index in [1.165, 1.54) is 0 Å². The van der Waals surface area contributed by atoms with Gasteiger partial charge in [-0.15, -0.1) is 0 Å². The fourth-order valence-corrected chi connectivity index (χ4v) is 3.24. The molecule has 0 aliphatic heterocycles. The predicted octanol–water partition coefficient (Wildman–Crippen LogP) is 5.23. The van der Waals surface area contributed by atoms with Gasteiger partial charge in [0, 0.05) is 33.4 Å². The Morgan fingerprint density at radius 3 is 2.29 bits per heavy atom. The zero-order valence-electron chi connectivity index (χ0n) is 16.6. The van der Waals surface area contributed by atoms with Crippen molar-refractivity contribution in [2.75, 3.05) is 5.32 Å². The van der Waals surface area contributed by atoms with Crippen molar-refractivity contribution in [2.45, 2.75) is 6.92 Å². The van der Waals surface area contributed by atoms with Crippen LogP contribution in [0.2, 0.25) is 5.02 Å². The van der Waals surface area contributed by atoms with Gasteiger partial charge in [0.25, 0.3) is 11.8 Å². The highest BCUT2D eigenvalue weighted by molar-refractivity contribution is 6.30. The molecule has 0 fully saturated rings. The summed E-state index contributed by atoms with van der Waals surface area (Å²) in [5.74, 6) is -0.510. The molecule has 3 aromatic carbocycles. The monoisotopic (exact) mass is 430 g/mol. The molecule has 4 rings (SSSR count). The molecule has 1 heterocycles. The predicted molar refractivity (Wildman–Crippen MR) is 124 cm³/mol. The van der Waals surface area contributed by atoms with Crippen molar-refractivity contribution in [3.8, 4) is 0 Å². The second-order valence-corrected chi connectivity index (χ2v) is 7.36. The minimum absolute atomic E-state index is 0.221. The summed E-state index contributed by atoms with van der Waals surface area (Å²) in [7, 11) is 0. The Balaban J connectivity index is 1.41. The Morgan fingerprint density at radius 2 is 1.55 bits per heavy atom. The van der Waals surface area contributed by atoms with Crippen LogP contribution in [0.3, 0.4) is 0 Å². The van der Waals surface area contributed by atoms with Gasteiger partial charge in [-0.1, -0.05) is 41.9 Å². The van der Waals surface area contributed by atoms with Gasteiger partial charge in [0.05, 0.1) is 11.3 Å². The molecule has 154 valence electrons. The Hall–Kier alpha value is -3.90. The molecule has 3 N–H and O–H groups in total. The van der Waals surface area contributed by atoms with Gasteiger partial charge in [0.1, 0.15) is 0 Å². The standard InChI is InChI=1S/C24H19ClN4O2/c1-15(28-29-24(31)21-14-26-22-5-3-2-4-20(21)22)16-8-12-19(13-9-16)27-23(30)17-6-10-18(25)11-7-17/h2-14,26H,1H3,(H,27,30)(H,29,31)/b28-15-. The van der Waals surface area contributed by atoms with Crippen molar-refractivity contribution >= 4 is 45.7 Å². The van der Waals surface area contributed by atoms with E-state index in [1.54, 1.807) is 49.5 Å². The molecule has 0 saturated heterocycles. The van der Waals surface area contributed by atoms with E-state index in [-0.39, 0.29) is 11.8 Å². The molecule has 4 aromatic rings. The topological polar surface area (TPSA) is 86.3 Å². The van der Waals surface area contributed by atoms with Crippen LogP contribution in [0, 0.1) is 0 Å². The van der Waals surface area contributed by atoms with Gasteiger partial charge >= 0.3 is 0 Å². The Kier molecular flexibility index (Phi) is 5.82. The lowest BCUT2D eigenvalue weighted by atomic mass is 10.1. The molecule has 0 saturated carbocycles. The van der Waals surface area contributed by atoms with Crippen molar-refractivity contribution in [3.63, 3.8) is 0 Å². The summed E-state index contributed by atoms with van der Waals surface area (Å²) in [4.78, 5) is 27.9. The third-order valence-electron chi connectivity index (χ3n) is 4.83. The van der Waals surface area contributed by atoms with Gasteiger partial charge in [-0.2, -0.15) is 5.10 Å². The fourth-order valence-electron chi connectivity index (χ4n) is 3.12. The summed E-state index contributed by atoms with van der Waals surface area (Å²) in [5.41, 5.74) is 6.66. The van der Waals surface area contributed by atoms with E-state index in [0.717, 1.165) is 16.5 Å². The van der Waals surface area contributed by atoms with Crippen LogP contribution in [0.5, 0.6) is 0 Å². The number of aromatic nitrogens is 1. The number of anilines is 1. The number of carbonyl (C=O) groups excluding carboxylic acids is 2. The van der Waals surface area contributed by atoms with Crippen LogP contribution in [0.15, 0.2) is 84.1 Å². The van der Waals surface area contributed by atoms with Gasteiger partial charge in [-0.25, -0.2) is 5.43 Å². The van der Waals surface area contributed by atoms with Crippen molar-refractivity contribution in [3.05, 3.63) is 101 Å². The third-order valence-corrected chi connectivity index (χ3v) is 5.08. The minimum atomic E-state index is -0.288. The molecule has 0 atom stereocenters. The van der Waals surface area contributed by atoms with Crippen LogP contribution in [0.1, 0.15) is 33.2 Å². The summed E-state index contributed by atoms with van der Waals surface area (Å²) in [6, 6.07) is 21.5. The molecular weight excluding hydrogens is 412 g/mol. The highest BCUT2D eigenvalue weighted by Crippen LogP contribution is 2.18. The smallest absolute Gasteiger partial charge is 0.273 e. The Morgan fingerprint density at radius 1 is 0.871 bits per heavy atom. The number of benzene rings is 3. The van der Waals surface area contributed by atoms with E-state index in [2.05, 4.69) is 20.8 Å². The summed E-state index contributed by atoms with van der Waals surface area (Å²) in [5, 5.41) is 8.46. The van der Waals surface area contributed by atoms with Crippen LogP contribution in [-0.4, -0.2) is 22.5 Å². The maximum atomic E-state index is 12.5. The molecule has 0 spiro atoms. The van der Waals surface area contributed by atoms with E-state index in [4.69, 9.17) is 11.6 Å². The first-order valence-corrected chi connectivity index (χ1v) is 9.97. The second kappa shape index (κ2) is 8.85. The lowest BCUT2D eigenvalue weighted by Crippen LogP contribution is -2.19. The molecule has 1 aromatic heterocycles. The summed E-state index contributed by atoms with van der Waals surface area (Å²) >= 11 is 5.85. The third kappa shape index (κ3) is 4.65. The van der Waals surface area contributed by atoms with Crippen molar-refractivity contribution in [1.29, 1.82) is 0 Å². The number of nitrogens with one attached hydrogen (secondary N) is 3. The summed E-state index contributed by atoms with van der Waals surface area (Å²) in [6.07, 6.45) is 1.67. The van der Waals surface area contributed by atoms with Crippen LogP contribution in [-0.2, 0) is 0 Å². The molecule has 0 radical (unpaired) electrons. The summed E-state index contributed by atoms with van der Waals surface area (Å²) in [6.45, 7) is 1.80. The molecule has 0 aliphatic rings. The zero-order valence-corrected chi connectivity index (χ0v) is 17.4. The van der Waals surface area contributed by atoms with Crippen LogP contribution >= 0.6 is 11.6 Å². The summed E-state index contributed by atoms with van der Waals surface area (Å²) < 4.78 is 0. The number of amides is 2. The Labute approximate surface area is 183 Å². The van der Waals surface area contributed by atoms with Gasteiger partial charge in [0.2, 0.25) is 0 Å². The number of hydrogen-bond acceptors (Lipinski definition) is 3. The molecule has 2 amide bonds. The molecule has 0 aliphatic carbocycles. The zero-order chi connectivity index (χ0) is 21.8. The molecular formula is C24H19ClN4O2. The number of fused-ring (bicyclic) bond motifs is 1. The van der Waals surface area contributed by atoms with Gasteiger partial charge in [0.15, 0.2) is 0 Å². The minimum Gasteiger partial charge on any atom is -0.360 e. The lowest BCUT2D eigenvalue weighted by Gasteiger charge is -2.07. The number of aromatic amines is 1. The number of para-hydroxylation sites is 1. The van der Waals surface area contributed by atoms with Crippen LogP contribution < -0.4 is 10.7 Å². The Bertz CT molecular complexity index is 1280. The van der Waals surface area contributed by atoms with Gasteiger partial charge in [-0.3, -0.25) is 9.59 Å². The number of nitrogens with zero attached hydrogens (tertiary/aromatic N) is 1. The van der Waals surface area contributed by atoms with E-state index >= 15 is 0 Å². The SMILES string of the molecule is C/C(=N/NC(=O)c1c[nH]c2ccccc12)c1ccc(NC(=O)c2ccc(Cl)cc2)cc1. The molecule has 7 heteroatoms. The van der Waals surface area contributed by atoms with Gasteiger partial charge < -0.3 is 10.3 Å². The quantitative estimate of drug-likeness (QED) is 0.299. The molecule has 0 bridgehead atoms. The first-order chi connectivity index (χ1) is 15.0. The maximum Gasteiger partial charge on any atom is 0.273 e. The average Bonchev–Trinajstić information content (AvgIpc) is 3.22. The molecule has 31 heavy (non-hydrogen) atoms. The normalized spacial score (nSPS) is 11.4. The van der Waals surface area contributed by atoms with Crippen molar-refractivity contribution in [2.24, 2.45) is 5.10 Å². The highest BCUT2D eigenvalue weighted by atomic mass is 35.5. The number of rotatable bonds is 5. The van der Waals surface area contributed by atoms with Crippen molar-refractivity contribution < 1.29 is 9.59 Å². The second-order valence-electron chi connectivity index (χ2n) is 6.92. The first kappa shape index (κ1) is 20.4. The van der Waals surface area contributed by atoms with E-state index in [0.29, 0.717) is 27.5 Å². The number of halogens is 1. The average molecular weight is 431 g/mol. The first-order valence-electron chi connectivity index (χ1n) is 9.59. The van der Waals surface area contributed by atoms with E-state index in [9.17, 15) is 9.59 Å². The van der Waals surface area contributed by atoms with E-state index < -0.39 is 0 Å². The van der Waals surface area contributed by atoms with Crippen LogP contribution in [0.4, 0.5) is 5.69 Å². The van der Waals surface area contributed by atoms with E-state index in [1.807, 2.05) is 36.4 Å². The number of hydrogen-bond donors (Lipinski definition) is 3. The fraction of sp³-hybridized carbons (Fsp3) is 0.0417. The molecule has 6 nitrogen and oxygen atoms in total. The number of hydrazone groups is 1. The molecule has 0 unspecified atom stereocenters. The van der Waals surface area contributed by atoms with Crippen LogP contribution in [0.25, 0.3) is 10.9 Å².